The van der Waals surface area contributed by atoms with Crippen molar-refractivity contribution < 1.29 is 14.3 Å². The van der Waals surface area contributed by atoms with E-state index in [2.05, 4.69) is 22.6 Å². The Morgan fingerprint density at radius 2 is 2.22 bits per heavy atom. The number of aliphatic hydroxyl groups is 1. The maximum atomic E-state index is 12.0. The minimum atomic E-state index is -1.15. The summed E-state index contributed by atoms with van der Waals surface area (Å²) < 4.78 is 5.45. The summed E-state index contributed by atoms with van der Waals surface area (Å²) in [6.45, 7) is 8.30. The molecule has 3 N–H and O–H groups in total. The number of nitrogens with zero attached hydrogens (tertiary/aromatic N) is 1. The van der Waals surface area contributed by atoms with Gasteiger partial charge in [0.25, 0.3) is 0 Å². The van der Waals surface area contributed by atoms with E-state index in [9.17, 15) is 9.90 Å². The van der Waals surface area contributed by atoms with Gasteiger partial charge in [-0.05, 0) is 59.2 Å². The molecule has 2 rings (SSSR count). The number of urea groups is 1. The largest absolute Gasteiger partial charge is 0.466 e. The highest BCUT2D eigenvalue weighted by atomic mass is 16.3. The molecule has 2 heterocycles. The summed E-state index contributed by atoms with van der Waals surface area (Å²) in [5.74, 6) is 1.93. The lowest BCUT2D eigenvalue weighted by atomic mass is 9.96. The maximum Gasteiger partial charge on any atom is 0.314 e. The Balaban J connectivity index is 1.78. The van der Waals surface area contributed by atoms with Crippen molar-refractivity contribution >= 4 is 6.03 Å². The minimum Gasteiger partial charge on any atom is -0.466 e. The van der Waals surface area contributed by atoms with E-state index in [1.165, 1.54) is 6.42 Å². The van der Waals surface area contributed by atoms with Crippen LogP contribution >= 0.6 is 0 Å². The quantitative estimate of drug-likeness (QED) is 0.771. The fourth-order valence-corrected chi connectivity index (χ4v) is 3.25. The van der Waals surface area contributed by atoms with Gasteiger partial charge < -0.3 is 25.1 Å². The first-order valence-corrected chi connectivity index (χ1v) is 8.28. The van der Waals surface area contributed by atoms with Gasteiger partial charge in [0.2, 0.25) is 0 Å². The molecule has 1 fully saturated rings. The highest BCUT2D eigenvalue weighted by Gasteiger charge is 2.28. The highest BCUT2D eigenvalue weighted by molar-refractivity contribution is 5.73. The Labute approximate surface area is 138 Å². The van der Waals surface area contributed by atoms with Gasteiger partial charge in [-0.3, -0.25) is 0 Å². The third kappa shape index (κ3) is 4.97. The molecule has 1 aromatic rings. The van der Waals surface area contributed by atoms with Crippen LogP contribution in [0.2, 0.25) is 0 Å². The third-order valence-corrected chi connectivity index (χ3v) is 4.49. The van der Waals surface area contributed by atoms with Crippen LogP contribution in [-0.2, 0) is 5.60 Å². The van der Waals surface area contributed by atoms with Gasteiger partial charge in [-0.2, -0.15) is 0 Å². The van der Waals surface area contributed by atoms with Crippen molar-refractivity contribution in [2.75, 3.05) is 33.2 Å². The molecule has 130 valence electrons. The lowest BCUT2D eigenvalue weighted by Gasteiger charge is -2.30. The van der Waals surface area contributed by atoms with Crippen molar-refractivity contribution in [1.29, 1.82) is 0 Å². The number of furan rings is 1. The fraction of sp³-hybridized carbons (Fsp3) is 0.706. The molecule has 1 aliphatic rings. The van der Waals surface area contributed by atoms with E-state index in [1.54, 1.807) is 6.92 Å². The number of piperidine rings is 1. The Morgan fingerprint density at radius 1 is 1.48 bits per heavy atom. The van der Waals surface area contributed by atoms with Crippen LogP contribution in [0.3, 0.4) is 0 Å². The summed E-state index contributed by atoms with van der Waals surface area (Å²) in [6, 6.07) is 1.57. The van der Waals surface area contributed by atoms with Crippen LogP contribution in [0.1, 0.15) is 36.8 Å². The van der Waals surface area contributed by atoms with Gasteiger partial charge in [0.05, 0.1) is 6.54 Å². The summed E-state index contributed by atoms with van der Waals surface area (Å²) in [7, 11) is 2.11. The Morgan fingerprint density at radius 3 is 2.83 bits per heavy atom. The van der Waals surface area contributed by atoms with Crippen LogP contribution < -0.4 is 10.6 Å². The van der Waals surface area contributed by atoms with Crippen LogP contribution in [0.4, 0.5) is 4.79 Å². The highest BCUT2D eigenvalue weighted by Crippen LogP contribution is 2.26. The zero-order chi connectivity index (χ0) is 17.0. The molecule has 1 aromatic heterocycles. The van der Waals surface area contributed by atoms with Gasteiger partial charge in [-0.15, -0.1) is 0 Å². The van der Waals surface area contributed by atoms with Crippen LogP contribution in [-0.4, -0.2) is 49.3 Å². The van der Waals surface area contributed by atoms with E-state index < -0.39 is 5.60 Å². The molecule has 1 aliphatic heterocycles. The summed E-state index contributed by atoms with van der Waals surface area (Å²) >= 11 is 0. The van der Waals surface area contributed by atoms with E-state index in [0.29, 0.717) is 23.8 Å². The number of carbonyl (C=O) groups excluding carboxylic acids is 1. The average molecular weight is 323 g/mol. The molecule has 1 saturated heterocycles. The summed E-state index contributed by atoms with van der Waals surface area (Å²) in [6.07, 6.45) is 2.33. The van der Waals surface area contributed by atoms with Crippen LogP contribution in [0.5, 0.6) is 0 Å². The predicted molar refractivity (Wildman–Crippen MR) is 89.4 cm³/mol. The number of aryl methyl sites for hydroxylation is 2. The standard InChI is InChI=1S/C17H29N3O3/c1-12-8-15(13(2)23-12)17(3,22)11-19-16(21)18-9-14-6-5-7-20(4)10-14/h8,14,22H,5-7,9-11H2,1-4H3,(H2,18,19,21). The number of rotatable bonds is 5. The molecule has 2 unspecified atom stereocenters. The fourth-order valence-electron chi connectivity index (χ4n) is 3.25. The Kier molecular flexibility index (Phi) is 5.70. The topological polar surface area (TPSA) is 77.7 Å². The van der Waals surface area contributed by atoms with Crippen LogP contribution in [0, 0.1) is 19.8 Å². The second kappa shape index (κ2) is 7.36. The molecule has 6 nitrogen and oxygen atoms in total. The van der Waals surface area contributed by atoms with Gasteiger partial charge in [-0.25, -0.2) is 4.79 Å². The number of amides is 2. The van der Waals surface area contributed by atoms with E-state index in [-0.39, 0.29) is 12.6 Å². The number of carbonyl (C=O) groups is 1. The summed E-state index contributed by atoms with van der Waals surface area (Å²) in [4.78, 5) is 14.3. The van der Waals surface area contributed by atoms with E-state index >= 15 is 0 Å². The molecule has 2 atom stereocenters. The third-order valence-electron chi connectivity index (χ3n) is 4.49. The predicted octanol–water partition coefficient (Wildman–Crippen LogP) is 1.74. The molecule has 0 radical (unpaired) electrons. The van der Waals surface area contributed by atoms with Crippen molar-refractivity contribution in [3.8, 4) is 0 Å². The second-order valence-electron chi connectivity index (χ2n) is 6.93. The number of hydrogen-bond acceptors (Lipinski definition) is 4. The lowest BCUT2D eigenvalue weighted by Crippen LogP contribution is -2.46. The molecule has 0 spiro atoms. The molecule has 0 saturated carbocycles. The zero-order valence-corrected chi connectivity index (χ0v) is 14.6. The Bertz CT molecular complexity index is 539. The SMILES string of the molecule is Cc1cc(C(C)(O)CNC(=O)NCC2CCCN(C)C2)c(C)o1. The molecule has 23 heavy (non-hydrogen) atoms. The molecule has 6 heteroatoms. The Hall–Kier alpha value is -1.53. The summed E-state index contributed by atoms with van der Waals surface area (Å²) in [5, 5.41) is 16.2. The molecular formula is C17H29N3O3. The van der Waals surface area contributed by atoms with Crippen molar-refractivity contribution in [3.63, 3.8) is 0 Å². The smallest absolute Gasteiger partial charge is 0.314 e. The minimum absolute atomic E-state index is 0.142. The molecular weight excluding hydrogens is 294 g/mol. The monoisotopic (exact) mass is 323 g/mol. The van der Waals surface area contributed by atoms with Crippen molar-refractivity contribution in [2.24, 2.45) is 5.92 Å². The second-order valence-corrected chi connectivity index (χ2v) is 6.93. The van der Waals surface area contributed by atoms with E-state index in [1.807, 2.05) is 19.9 Å². The first-order chi connectivity index (χ1) is 10.8. The van der Waals surface area contributed by atoms with E-state index in [0.717, 1.165) is 25.3 Å². The number of likely N-dealkylation sites (tertiary alicyclic amines) is 1. The molecule has 0 bridgehead atoms. The van der Waals surface area contributed by atoms with Crippen molar-refractivity contribution in [3.05, 3.63) is 23.2 Å². The van der Waals surface area contributed by atoms with Gasteiger partial charge in [0.1, 0.15) is 17.1 Å². The maximum absolute atomic E-state index is 12.0. The molecule has 2 amide bonds. The summed E-state index contributed by atoms with van der Waals surface area (Å²) in [5.41, 5.74) is -0.436. The zero-order valence-electron chi connectivity index (χ0n) is 14.6. The number of hydrogen-bond donors (Lipinski definition) is 3. The van der Waals surface area contributed by atoms with Crippen LogP contribution in [0.25, 0.3) is 0 Å². The number of nitrogens with one attached hydrogen (secondary N) is 2. The van der Waals surface area contributed by atoms with Crippen molar-refractivity contribution in [2.45, 2.75) is 39.2 Å². The van der Waals surface area contributed by atoms with Gasteiger partial charge >= 0.3 is 6.03 Å². The van der Waals surface area contributed by atoms with Crippen molar-refractivity contribution in [1.82, 2.24) is 15.5 Å². The molecule has 0 aromatic carbocycles. The first kappa shape index (κ1) is 17.8. The van der Waals surface area contributed by atoms with Gasteiger partial charge in [-0.1, -0.05) is 0 Å². The normalized spacial score (nSPS) is 21.7. The average Bonchev–Trinajstić information content (AvgIpc) is 2.83. The lowest BCUT2D eigenvalue weighted by molar-refractivity contribution is 0.0578. The van der Waals surface area contributed by atoms with Gasteiger partial charge in [0.15, 0.2) is 0 Å². The molecule has 0 aliphatic carbocycles. The van der Waals surface area contributed by atoms with Gasteiger partial charge in [0, 0.05) is 18.7 Å². The first-order valence-electron chi connectivity index (χ1n) is 8.28. The van der Waals surface area contributed by atoms with E-state index in [4.69, 9.17) is 4.42 Å². The van der Waals surface area contributed by atoms with Crippen LogP contribution in [0.15, 0.2) is 10.5 Å².